The SMILES string of the molecule is CCc1cccc(NCc2cc(Cl)cc3c2OCC3)c1. The highest BCUT2D eigenvalue weighted by molar-refractivity contribution is 6.30. The molecule has 0 spiro atoms. The van der Waals surface area contributed by atoms with Crippen LogP contribution in [0.15, 0.2) is 36.4 Å². The van der Waals surface area contributed by atoms with Gasteiger partial charge in [0, 0.05) is 29.2 Å². The second-order valence-electron chi connectivity index (χ2n) is 5.06. The zero-order chi connectivity index (χ0) is 13.9. The van der Waals surface area contributed by atoms with Crippen LogP contribution in [0.1, 0.15) is 23.6 Å². The highest BCUT2D eigenvalue weighted by Gasteiger charge is 2.17. The summed E-state index contributed by atoms with van der Waals surface area (Å²) in [5.41, 5.74) is 4.82. The van der Waals surface area contributed by atoms with E-state index in [9.17, 15) is 0 Å². The monoisotopic (exact) mass is 287 g/mol. The Morgan fingerprint density at radius 3 is 3.00 bits per heavy atom. The molecule has 1 aliphatic rings. The van der Waals surface area contributed by atoms with Crippen LogP contribution in [0.2, 0.25) is 5.02 Å². The first-order valence-corrected chi connectivity index (χ1v) is 7.41. The van der Waals surface area contributed by atoms with Crippen LogP contribution < -0.4 is 10.1 Å². The van der Waals surface area contributed by atoms with Gasteiger partial charge in [-0.3, -0.25) is 0 Å². The Labute approximate surface area is 124 Å². The molecule has 0 fully saturated rings. The van der Waals surface area contributed by atoms with Crippen LogP contribution in [0, 0.1) is 0 Å². The van der Waals surface area contributed by atoms with Crippen LogP contribution in [-0.4, -0.2) is 6.61 Å². The van der Waals surface area contributed by atoms with E-state index < -0.39 is 0 Å². The first-order chi connectivity index (χ1) is 9.76. The van der Waals surface area contributed by atoms with Crippen LogP contribution in [0.3, 0.4) is 0 Å². The van der Waals surface area contributed by atoms with Crippen molar-refractivity contribution in [3.63, 3.8) is 0 Å². The van der Waals surface area contributed by atoms with Gasteiger partial charge in [0.05, 0.1) is 6.61 Å². The maximum Gasteiger partial charge on any atom is 0.127 e. The molecule has 0 aromatic heterocycles. The van der Waals surface area contributed by atoms with Crippen LogP contribution >= 0.6 is 11.6 Å². The molecule has 2 aromatic carbocycles. The molecule has 1 heterocycles. The van der Waals surface area contributed by atoms with Crippen LogP contribution in [0.25, 0.3) is 0 Å². The molecular weight excluding hydrogens is 270 g/mol. The molecular formula is C17H18ClNO. The number of halogens is 1. The molecule has 3 heteroatoms. The van der Waals surface area contributed by atoms with Gasteiger partial charge in [-0.25, -0.2) is 0 Å². The molecule has 1 aliphatic heterocycles. The van der Waals surface area contributed by atoms with Gasteiger partial charge in [-0.05, 0) is 41.8 Å². The van der Waals surface area contributed by atoms with Crippen molar-refractivity contribution >= 4 is 17.3 Å². The number of anilines is 1. The fourth-order valence-electron chi connectivity index (χ4n) is 2.58. The van der Waals surface area contributed by atoms with Crippen molar-refractivity contribution in [3.05, 3.63) is 58.1 Å². The number of ether oxygens (including phenoxy) is 1. The number of aryl methyl sites for hydroxylation is 1. The molecule has 0 unspecified atom stereocenters. The number of hydrogen-bond acceptors (Lipinski definition) is 2. The normalized spacial score (nSPS) is 12.9. The van der Waals surface area contributed by atoms with Gasteiger partial charge in [0.25, 0.3) is 0 Å². The van der Waals surface area contributed by atoms with E-state index >= 15 is 0 Å². The van der Waals surface area contributed by atoms with Gasteiger partial charge in [-0.1, -0.05) is 30.7 Å². The Bertz CT molecular complexity index is 624. The lowest BCUT2D eigenvalue weighted by Crippen LogP contribution is -2.02. The Morgan fingerprint density at radius 2 is 2.15 bits per heavy atom. The summed E-state index contributed by atoms with van der Waals surface area (Å²) in [5.74, 6) is 1.01. The van der Waals surface area contributed by atoms with Crippen molar-refractivity contribution in [2.24, 2.45) is 0 Å². The standard InChI is InChI=1S/C17H18ClNO/c1-2-12-4-3-5-16(8-12)19-11-14-10-15(18)9-13-6-7-20-17(13)14/h3-5,8-10,19H,2,6-7,11H2,1H3. The average molecular weight is 288 g/mol. The lowest BCUT2D eigenvalue weighted by Gasteiger charge is -2.12. The van der Waals surface area contributed by atoms with Crippen LogP contribution in [-0.2, 0) is 19.4 Å². The van der Waals surface area contributed by atoms with Gasteiger partial charge < -0.3 is 10.1 Å². The molecule has 1 N–H and O–H groups in total. The summed E-state index contributed by atoms with van der Waals surface area (Å²) in [6, 6.07) is 12.5. The summed E-state index contributed by atoms with van der Waals surface area (Å²) in [5, 5.41) is 4.24. The average Bonchev–Trinajstić information content (AvgIpc) is 2.93. The zero-order valence-electron chi connectivity index (χ0n) is 11.6. The number of rotatable bonds is 4. The molecule has 0 amide bonds. The lowest BCUT2D eigenvalue weighted by atomic mass is 10.1. The second-order valence-corrected chi connectivity index (χ2v) is 5.50. The molecule has 20 heavy (non-hydrogen) atoms. The third-order valence-electron chi connectivity index (χ3n) is 3.64. The van der Waals surface area contributed by atoms with Crippen molar-refractivity contribution in [1.29, 1.82) is 0 Å². The minimum atomic E-state index is 0.732. The molecule has 3 rings (SSSR count). The fourth-order valence-corrected chi connectivity index (χ4v) is 2.84. The van der Waals surface area contributed by atoms with Gasteiger partial charge in [0.2, 0.25) is 0 Å². The van der Waals surface area contributed by atoms with Gasteiger partial charge in [-0.15, -0.1) is 0 Å². The Balaban J connectivity index is 1.78. The minimum absolute atomic E-state index is 0.732. The zero-order valence-corrected chi connectivity index (χ0v) is 12.3. The van der Waals surface area contributed by atoms with Gasteiger partial charge in [-0.2, -0.15) is 0 Å². The molecule has 2 nitrogen and oxygen atoms in total. The van der Waals surface area contributed by atoms with Gasteiger partial charge in [0.15, 0.2) is 0 Å². The van der Waals surface area contributed by atoms with E-state index in [2.05, 4.69) is 36.5 Å². The Morgan fingerprint density at radius 1 is 1.25 bits per heavy atom. The van der Waals surface area contributed by atoms with E-state index in [1.54, 1.807) is 0 Å². The highest BCUT2D eigenvalue weighted by atomic mass is 35.5. The van der Waals surface area contributed by atoms with Crippen molar-refractivity contribution < 1.29 is 4.74 Å². The maximum atomic E-state index is 6.17. The lowest BCUT2D eigenvalue weighted by molar-refractivity contribution is 0.354. The molecule has 104 valence electrons. The van der Waals surface area contributed by atoms with Crippen molar-refractivity contribution in [1.82, 2.24) is 0 Å². The van der Waals surface area contributed by atoms with Gasteiger partial charge in [0.1, 0.15) is 5.75 Å². The Hall–Kier alpha value is -1.67. The van der Waals surface area contributed by atoms with Gasteiger partial charge >= 0.3 is 0 Å². The van der Waals surface area contributed by atoms with Crippen LogP contribution in [0.4, 0.5) is 5.69 Å². The minimum Gasteiger partial charge on any atom is -0.493 e. The van der Waals surface area contributed by atoms with Crippen molar-refractivity contribution in [3.8, 4) is 5.75 Å². The molecule has 0 radical (unpaired) electrons. The summed E-state index contributed by atoms with van der Waals surface area (Å²) >= 11 is 6.17. The van der Waals surface area contributed by atoms with Crippen molar-refractivity contribution in [2.75, 3.05) is 11.9 Å². The van der Waals surface area contributed by atoms with E-state index in [4.69, 9.17) is 16.3 Å². The summed E-state index contributed by atoms with van der Waals surface area (Å²) in [6.07, 6.45) is 2.00. The largest absolute Gasteiger partial charge is 0.493 e. The molecule has 0 saturated heterocycles. The quantitative estimate of drug-likeness (QED) is 0.897. The maximum absolute atomic E-state index is 6.17. The summed E-state index contributed by atoms with van der Waals surface area (Å²) in [7, 11) is 0. The summed E-state index contributed by atoms with van der Waals surface area (Å²) in [4.78, 5) is 0. The first-order valence-electron chi connectivity index (χ1n) is 7.03. The molecule has 0 aliphatic carbocycles. The number of benzene rings is 2. The Kier molecular flexibility index (Phi) is 3.83. The predicted molar refractivity (Wildman–Crippen MR) is 83.8 cm³/mol. The van der Waals surface area contributed by atoms with Crippen LogP contribution in [0.5, 0.6) is 5.75 Å². The third kappa shape index (κ3) is 2.75. The molecule has 0 saturated carbocycles. The predicted octanol–water partition coefficient (Wildman–Crippen LogP) is 4.45. The number of hydrogen-bond donors (Lipinski definition) is 1. The van der Waals surface area contributed by atoms with E-state index in [-0.39, 0.29) is 0 Å². The third-order valence-corrected chi connectivity index (χ3v) is 3.86. The fraction of sp³-hybridized carbons (Fsp3) is 0.294. The second kappa shape index (κ2) is 5.76. The highest BCUT2D eigenvalue weighted by Crippen LogP contribution is 2.33. The molecule has 0 bridgehead atoms. The van der Waals surface area contributed by atoms with E-state index in [0.717, 1.165) is 48.0 Å². The molecule has 2 aromatic rings. The van der Waals surface area contributed by atoms with Crippen molar-refractivity contribution in [2.45, 2.75) is 26.3 Å². The summed E-state index contributed by atoms with van der Waals surface area (Å²) in [6.45, 7) is 3.65. The summed E-state index contributed by atoms with van der Waals surface area (Å²) < 4.78 is 5.72. The topological polar surface area (TPSA) is 21.3 Å². The van der Waals surface area contributed by atoms with E-state index in [0.29, 0.717) is 0 Å². The molecule has 0 atom stereocenters. The number of fused-ring (bicyclic) bond motifs is 1. The number of nitrogens with one attached hydrogen (secondary N) is 1. The smallest absolute Gasteiger partial charge is 0.127 e. The first kappa shape index (κ1) is 13.3. The van der Waals surface area contributed by atoms with E-state index in [1.165, 1.54) is 11.1 Å². The van der Waals surface area contributed by atoms with E-state index in [1.807, 2.05) is 12.1 Å².